The predicted octanol–water partition coefficient (Wildman–Crippen LogP) is 2.23. The smallest absolute Gasteiger partial charge is 0.0950 e. The molecule has 2 N–H and O–H groups in total. The number of furan rings is 1. The highest BCUT2D eigenvalue weighted by Crippen LogP contribution is 2.22. The van der Waals surface area contributed by atoms with Crippen LogP contribution in [0.2, 0.25) is 0 Å². The summed E-state index contributed by atoms with van der Waals surface area (Å²) in [6.07, 6.45) is 7.62. The monoisotopic (exact) mass is 209 g/mol. The van der Waals surface area contributed by atoms with Crippen LogP contribution in [-0.2, 0) is 0 Å². The molecule has 0 spiro atoms. The molecular formula is C12H19NO2. The molecule has 1 aromatic heterocycles. The minimum Gasteiger partial charge on any atom is -0.472 e. The molecule has 1 aliphatic rings. The van der Waals surface area contributed by atoms with Crippen LogP contribution in [0.15, 0.2) is 23.0 Å². The Morgan fingerprint density at radius 2 is 2.27 bits per heavy atom. The van der Waals surface area contributed by atoms with E-state index in [0.717, 1.165) is 24.8 Å². The van der Waals surface area contributed by atoms with Gasteiger partial charge in [-0.1, -0.05) is 12.8 Å². The highest BCUT2D eigenvalue weighted by molar-refractivity contribution is 5.10. The van der Waals surface area contributed by atoms with Crippen molar-refractivity contribution < 1.29 is 9.52 Å². The van der Waals surface area contributed by atoms with Crippen molar-refractivity contribution in [3.63, 3.8) is 0 Å². The van der Waals surface area contributed by atoms with Crippen LogP contribution in [0.3, 0.4) is 0 Å². The summed E-state index contributed by atoms with van der Waals surface area (Å²) in [5, 5.41) is 13.3. The molecule has 3 nitrogen and oxygen atoms in total. The Morgan fingerprint density at radius 3 is 2.93 bits per heavy atom. The zero-order valence-electron chi connectivity index (χ0n) is 9.15. The van der Waals surface area contributed by atoms with Gasteiger partial charge in [0.25, 0.3) is 0 Å². The highest BCUT2D eigenvalue weighted by atomic mass is 16.3. The average molecular weight is 209 g/mol. The highest BCUT2D eigenvalue weighted by Gasteiger charge is 2.24. The van der Waals surface area contributed by atoms with E-state index in [0.29, 0.717) is 0 Å². The van der Waals surface area contributed by atoms with Gasteiger partial charge < -0.3 is 14.8 Å². The van der Waals surface area contributed by atoms with E-state index >= 15 is 0 Å². The van der Waals surface area contributed by atoms with Gasteiger partial charge in [-0.05, 0) is 25.8 Å². The fourth-order valence-corrected chi connectivity index (χ4v) is 2.24. The van der Waals surface area contributed by atoms with Crippen molar-refractivity contribution >= 4 is 0 Å². The van der Waals surface area contributed by atoms with Crippen LogP contribution in [0.5, 0.6) is 0 Å². The first-order chi connectivity index (χ1) is 7.27. The first kappa shape index (κ1) is 10.7. The van der Waals surface area contributed by atoms with Gasteiger partial charge in [-0.15, -0.1) is 0 Å². The Balaban J connectivity index is 1.90. The van der Waals surface area contributed by atoms with Crippen molar-refractivity contribution in [2.75, 3.05) is 0 Å². The largest absolute Gasteiger partial charge is 0.472 e. The van der Waals surface area contributed by atoms with Crippen LogP contribution in [0.25, 0.3) is 0 Å². The lowest BCUT2D eigenvalue weighted by atomic mass is 9.92. The molecule has 0 aliphatic heterocycles. The molecule has 0 bridgehead atoms. The van der Waals surface area contributed by atoms with Crippen molar-refractivity contribution in [2.24, 2.45) is 0 Å². The summed E-state index contributed by atoms with van der Waals surface area (Å²) in [5.41, 5.74) is 1.15. The van der Waals surface area contributed by atoms with Crippen LogP contribution in [-0.4, -0.2) is 17.3 Å². The third-order valence-electron chi connectivity index (χ3n) is 3.24. The number of nitrogens with one attached hydrogen (secondary N) is 1. The van der Waals surface area contributed by atoms with E-state index < -0.39 is 0 Å². The number of aliphatic hydroxyl groups is 1. The van der Waals surface area contributed by atoms with Gasteiger partial charge in [-0.3, -0.25) is 0 Å². The van der Waals surface area contributed by atoms with Gasteiger partial charge >= 0.3 is 0 Å². The number of hydrogen-bond acceptors (Lipinski definition) is 3. The van der Waals surface area contributed by atoms with Gasteiger partial charge in [-0.2, -0.15) is 0 Å². The summed E-state index contributed by atoms with van der Waals surface area (Å²) in [5.74, 6) is 0. The molecule has 3 atom stereocenters. The van der Waals surface area contributed by atoms with Crippen molar-refractivity contribution in [3.05, 3.63) is 24.2 Å². The SMILES string of the molecule is CC(NC1CCCCC1O)c1ccoc1. The van der Waals surface area contributed by atoms with Gasteiger partial charge in [0.05, 0.1) is 18.6 Å². The Hall–Kier alpha value is -0.800. The molecule has 0 radical (unpaired) electrons. The predicted molar refractivity (Wildman–Crippen MR) is 58.5 cm³/mol. The van der Waals surface area contributed by atoms with E-state index in [4.69, 9.17) is 4.42 Å². The molecule has 3 heteroatoms. The molecule has 1 saturated carbocycles. The van der Waals surface area contributed by atoms with Gasteiger partial charge in [0.15, 0.2) is 0 Å². The zero-order valence-corrected chi connectivity index (χ0v) is 9.15. The molecule has 1 heterocycles. The minimum atomic E-state index is -0.187. The van der Waals surface area contributed by atoms with E-state index in [1.165, 1.54) is 6.42 Å². The molecule has 0 aromatic carbocycles. The van der Waals surface area contributed by atoms with Crippen LogP contribution < -0.4 is 5.32 Å². The van der Waals surface area contributed by atoms with Crippen LogP contribution in [0.4, 0.5) is 0 Å². The second-order valence-corrected chi connectivity index (χ2v) is 4.40. The normalized spacial score (nSPS) is 28.9. The Morgan fingerprint density at radius 1 is 1.47 bits per heavy atom. The summed E-state index contributed by atoms with van der Waals surface area (Å²) in [6.45, 7) is 2.10. The maximum atomic E-state index is 9.83. The molecule has 84 valence electrons. The Kier molecular flexibility index (Phi) is 3.44. The van der Waals surface area contributed by atoms with Gasteiger partial charge in [0.2, 0.25) is 0 Å². The van der Waals surface area contributed by atoms with Gasteiger partial charge in [0, 0.05) is 17.6 Å². The van der Waals surface area contributed by atoms with E-state index in [9.17, 15) is 5.11 Å². The Labute approximate surface area is 90.5 Å². The number of hydrogen-bond donors (Lipinski definition) is 2. The second kappa shape index (κ2) is 4.81. The first-order valence-corrected chi connectivity index (χ1v) is 5.73. The molecule has 1 fully saturated rings. The molecule has 2 rings (SSSR count). The third kappa shape index (κ3) is 2.61. The summed E-state index contributed by atoms with van der Waals surface area (Å²) in [6, 6.07) is 2.46. The lowest BCUT2D eigenvalue weighted by Gasteiger charge is -2.30. The zero-order chi connectivity index (χ0) is 10.7. The number of aliphatic hydroxyl groups excluding tert-OH is 1. The molecule has 3 unspecified atom stereocenters. The molecule has 1 aromatic rings. The fraction of sp³-hybridized carbons (Fsp3) is 0.667. The summed E-state index contributed by atoms with van der Waals surface area (Å²) in [7, 11) is 0. The van der Waals surface area contributed by atoms with Crippen LogP contribution >= 0.6 is 0 Å². The lowest BCUT2D eigenvalue weighted by Crippen LogP contribution is -2.43. The fourth-order valence-electron chi connectivity index (χ4n) is 2.24. The van der Waals surface area contributed by atoms with Crippen molar-refractivity contribution in [1.82, 2.24) is 5.32 Å². The summed E-state index contributed by atoms with van der Waals surface area (Å²) in [4.78, 5) is 0. The standard InChI is InChI=1S/C12H19NO2/c1-9(10-6-7-15-8-10)13-11-4-2-3-5-12(11)14/h6-9,11-14H,2-5H2,1H3. The molecule has 15 heavy (non-hydrogen) atoms. The van der Waals surface area contributed by atoms with E-state index in [-0.39, 0.29) is 18.2 Å². The third-order valence-corrected chi connectivity index (χ3v) is 3.24. The maximum absolute atomic E-state index is 9.83. The first-order valence-electron chi connectivity index (χ1n) is 5.73. The molecule has 0 amide bonds. The summed E-state index contributed by atoms with van der Waals surface area (Å²) >= 11 is 0. The van der Waals surface area contributed by atoms with Crippen LogP contribution in [0, 0.1) is 0 Å². The second-order valence-electron chi connectivity index (χ2n) is 4.40. The Bertz CT molecular complexity index is 284. The number of rotatable bonds is 3. The topological polar surface area (TPSA) is 45.4 Å². The van der Waals surface area contributed by atoms with Crippen molar-refractivity contribution in [2.45, 2.75) is 50.8 Å². The van der Waals surface area contributed by atoms with Gasteiger partial charge in [-0.25, -0.2) is 0 Å². The molecule has 1 aliphatic carbocycles. The quantitative estimate of drug-likeness (QED) is 0.802. The minimum absolute atomic E-state index is 0.187. The molecule has 0 saturated heterocycles. The van der Waals surface area contributed by atoms with Crippen LogP contribution in [0.1, 0.15) is 44.2 Å². The summed E-state index contributed by atoms with van der Waals surface area (Å²) < 4.78 is 5.05. The van der Waals surface area contributed by atoms with E-state index in [1.807, 2.05) is 6.07 Å². The molecular weight excluding hydrogens is 190 g/mol. The van der Waals surface area contributed by atoms with E-state index in [2.05, 4.69) is 12.2 Å². The van der Waals surface area contributed by atoms with Gasteiger partial charge in [0.1, 0.15) is 0 Å². The van der Waals surface area contributed by atoms with Crippen molar-refractivity contribution in [3.8, 4) is 0 Å². The van der Waals surface area contributed by atoms with E-state index in [1.54, 1.807) is 12.5 Å². The average Bonchev–Trinajstić information content (AvgIpc) is 2.74. The van der Waals surface area contributed by atoms with Crippen molar-refractivity contribution in [1.29, 1.82) is 0 Å². The maximum Gasteiger partial charge on any atom is 0.0950 e. The lowest BCUT2D eigenvalue weighted by molar-refractivity contribution is 0.0859.